The van der Waals surface area contributed by atoms with E-state index in [-0.39, 0.29) is 11.6 Å². The van der Waals surface area contributed by atoms with E-state index in [9.17, 15) is 4.79 Å². The maximum atomic E-state index is 12.1. The van der Waals surface area contributed by atoms with Gasteiger partial charge in [0.05, 0.1) is 24.9 Å². The molecule has 4 rings (SSSR count). The molecule has 1 saturated heterocycles. The van der Waals surface area contributed by atoms with Crippen molar-refractivity contribution in [2.75, 3.05) is 26.7 Å². The van der Waals surface area contributed by atoms with E-state index < -0.39 is 0 Å². The Morgan fingerprint density at radius 2 is 2.08 bits per heavy atom. The largest absolute Gasteiger partial charge is 0.453 e. The number of rotatable bonds is 2. The molecule has 2 aliphatic heterocycles. The second kappa shape index (κ2) is 6.68. The Morgan fingerprint density at radius 3 is 2.77 bits per heavy atom. The number of amides is 1. The number of carbonyl (C=O) groups is 1. The Balaban J connectivity index is 1.54. The van der Waals surface area contributed by atoms with E-state index in [4.69, 9.17) is 4.74 Å². The zero-order chi connectivity index (χ0) is 18.1. The number of nitrogens with zero attached hydrogens (tertiary/aromatic N) is 6. The van der Waals surface area contributed by atoms with E-state index in [1.807, 2.05) is 25.3 Å². The fraction of sp³-hybridized carbons (Fsp3) is 0.556. The summed E-state index contributed by atoms with van der Waals surface area (Å²) in [5, 5.41) is 8.56. The highest BCUT2D eigenvalue weighted by molar-refractivity contribution is 5.67. The second-order valence-corrected chi connectivity index (χ2v) is 7.15. The summed E-state index contributed by atoms with van der Waals surface area (Å²) in [6.45, 7) is 5.83. The first kappa shape index (κ1) is 17.0. The predicted molar refractivity (Wildman–Crippen MR) is 94.3 cm³/mol. The molecule has 8 nitrogen and oxygen atoms in total. The molecule has 1 spiro atoms. The molecule has 26 heavy (non-hydrogen) atoms. The van der Waals surface area contributed by atoms with Gasteiger partial charge >= 0.3 is 6.09 Å². The molecule has 1 amide bonds. The number of likely N-dealkylation sites (tertiary alicyclic amines) is 1. The molecule has 138 valence electrons. The van der Waals surface area contributed by atoms with Crippen molar-refractivity contribution in [3.63, 3.8) is 0 Å². The van der Waals surface area contributed by atoms with Crippen molar-refractivity contribution in [2.24, 2.45) is 0 Å². The number of methoxy groups -OCH3 is 1. The molecule has 0 radical (unpaired) electrons. The third-order valence-corrected chi connectivity index (χ3v) is 5.52. The molecule has 2 aliphatic rings. The summed E-state index contributed by atoms with van der Waals surface area (Å²) in [4.78, 5) is 20.7. The predicted octanol–water partition coefficient (Wildman–Crippen LogP) is 1.55. The van der Waals surface area contributed by atoms with Crippen LogP contribution >= 0.6 is 0 Å². The standard InChI is InChI=1S/C18H24N6O2/c1-14-20-21-16-12-23(17(25)26-2)13-18(24(14)16)6-9-22(10-7-18)11-15-5-3-4-8-19-15/h3-5,8H,6-7,9-13H2,1-2H3. The Hall–Kier alpha value is -2.48. The van der Waals surface area contributed by atoms with Crippen LogP contribution in [-0.2, 0) is 23.4 Å². The van der Waals surface area contributed by atoms with Gasteiger partial charge < -0.3 is 9.30 Å². The van der Waals surface area contributed by atoms with Crippen LogP contribution < -0.4 is 0 Å². The van der Waals surface area contributed by atoms with E-state index in [1.165, 1.54) is 7.11 Å². The highest BCUT2D eigenvalue weighted by atomic mass is 16.5. The molecule has 0 aliphatic carbocycles. The minimum atomic E-state index is -0.299. The van der Waals surface area contributed by atoms with Gasteiger partial charge in [-0.1, -0.05) is 6.07 Å². The van der Waals surface area contributed by atoms with Crippen molar-refractivity contribution in [2.45, 2.75) is 38.4 Å². The molecule has 0 atom stereocenters. The monoisotopic (exact) mass is 356 g/mol. The molecule has 2 aromatic rings. The van der Waals surface area contributed by atoms with Crippen molar-refractivity contribution >= 4 is 6.09 Å². The smallest absolute Gasteiger partial charge is 0.409 e. The number of hydrogen-bond donors (Lipinski definition) is 0. The Labute approximate surface area is 152 Å². The lowest BCUT2D eigenvalue weighted by molar-refractivity contribution is 0.0317. The zero-order valence-electron chi connectivity index (χ0n) is 15.3. The number of hydrogen-bond acceptors (Lipinski definition) is 6. The summed E-state index contributed by atoms with van der Waals surface area (Å²) in [5.41, 5.74) is 0.931. The highest BCUT2D eigenvalue weighted by Gasteiger charge is 2.45. The number of aryl methyl sites for hydroxylation is 1. The fourth-order valence-corrected chi connectivity index (χ4v) is 4.27. The van der Waals surface area contributed by atoms with Crippen LogP contribution in [0.15, 0.2) is 24.4 Å². The lowest BCUT2D eigenvalue weighted by Crippen LogP contribution is -2.57. The van der Waals surface area contributed by atoms with Crippen LogP contribution in [0.2, 0.25) is 0 Å². The van der Waals surface area contributed by atoms with Gasteiger partial charge in [-0.3, -0.25) is 14.8 Å². The minimum absolute atomic E-state index is 0.157. The van der Waals surface area contributed by atoms with Gasteiger partial charge in [0.15, 0.2) is 5.82 Å². The maximum Gasteiger partial charge on any atom is 0.409 e. The Morgan fingerprint density at radius 1 is 1.27 bits per heavy atom. The summed E-state index contributed by atoms with van der Waals surface area (Å²) in [6, 6.07) is 6.02. The molecular formula is C18H24N6O2. The van der Waals surface area contributed by atoms with Gasteiger partial charge in [0.25, 0.3) is 0 Å². The number of aromatic nitrogens is 4. The van der Waals surface area contributed by atoms with Crippen LogP contribution in [0.5, 0.6) is 0 Å². The van der Waals surface area contributed by atoms with E-state index in [0.717, 1.165) is 49.8 Å². The first-order chi connectivity index (χ1) is 12.6. The minimum Gasteiger partial charge on any atom is -0.453 e. The van der Waals surface area contributed by atoms with Crippen LogP contribution in [0.1, 0.15) is 30.2 Å². The van der Waals surface area contributed by atoms with Crippen LogP contribution in [0, 0.1) is 6.92 Å². The molecule has 0 bridgehead atoms. The van der Waals surface area contributed by atoms with Gasteiger partial charge in [-0.2, -0.15) is 0 Å². The SMILES string of the molecule is COC(=O)N1Cc2nnc(C)n2C2(CCN(Cc3ccccn3)CC2)C1. The van der Waals surface area contributed by atoms with E-state index in [0.29, 0.717) is 13.1 Å². The van der Waals surface area contributed by atoms with Crippen molar-refractivity contribution < 1.29 is 9.53 Å². The van der Waals surface area contributed by atoms with Gasteiger partial charge in [0, 0.05) is 32.4 Å². The molecule has 0 N–H and O–H groups in total. The van der Waals surface area contributed by atoms with Gasteiger partial charge in [-0.25, -0.2) is 4.79 Å². The summed E-state index contributed by atoms with van der Waals surface area (Å²) >= 11 is 0. The number of carbonyl (C=O) groups excluding carboxylic acids is 1. The molecule has 4 heterocycles. The number of piperidine rings is 1. The summed E-state index contributed by atoms with van der Waals surface area (Å²) in [5.74, 6) is 1.76. The molecule has 0 aromatic carbocycles. The Bertz CT molecular complexity index is 782. The molecular weight excluding hydrogens is 332 g/mol. The van der Waals surface area contributed by atoms with Gasteiger partial charge in [-0.05, 0) is 31.9 Å². The number of ether oxygens (including phenoxy) is 1. The van der Waals surface area contributed by atoms with Crippen molar-refractivity contribution in [3.8, 4) is 0 Å². The normalized spacial score (nSPS) is 19.4. The lowest BCUT2D eigenvalue weighted by Gasteiger charge is -2.48. The maximum absolute atomic E-state index is 12.1. The van der Waals surface area contributed by atoms with Gasteiger partial charge in [-0.15, -0.1) is 10.2 Å². The summed E-state index contributed by atoms with van der Waals surface area (Å²) in [6.07, 6.45) is 3.42. The van der Waals surface area contributed by atoms with E-state index >= 15 is 0 Å². The third kappa shape index (κ3) is 2.94. The van der Waals surface area contributed by atoms with Crippen molar-refractivity contribution in [1.82, 2.24) is 29.5 Å². The van der Waals surface area contributed by atoms with Crippen LogP contribution in [0.3, 0.4) is 0 Å². The molecule has 8 heteroatoms. The lowest BCUT2D eigenvalue weighted by atomic mass is 9.84. The molecule has 2 aromatic heterocycles. The molecule has 0 saturated carbocycles. The van der Waals surface area contributed by atoms with Crippen molar-refractivity contribution in [3.05, 3.63) is 41.7 Å². The number of pyridine rings is 1. The average Bonchev–Trinajstić information content (AvgIpc) is 3.06. The molecule has 1 fully saturated rings. The summed E-state index contributed by atoms with van der Waals surface area (Å²) in [7, 11) is 1.43. The quantitative estimate of drug-likeness (QED) is 0.813. The topological polar surface area (TPSA) is 76.4 Å². The first-order valence-corrected chi connectivity index (χ1v) is 8.98. The van der Waals surface area contributed by atoms with Crippen LogP contribution in [0.4, 0.5) is 4.79 Å². The average molecular weight is 356 g/mol. The first-order valence-electron chi connectivity index (χ1n) is 8.98. The fourth-order valence-electron chi connectivity index (χ4n) is 4.27. The van der Waals surface area contributed by atoms with E-state index in [2.05, 4.69) is 30.7 Å². The highest BCUT2D eigenvalue weighted by Crippen LogP contribution is 2.37. The zero-order valence-corrected chi connectivity index (χ0v) is 15.3. The summed E-state index contributed by atoms with van der Waals surface area (Å²) < 4.78 is 7.21. The van der Waals surface area contributed by atoms with E-state index in [1.54, 1.807) is 4.90 Å². The molecule has 0 unspecified atom stereocenters. The Kier molecular flexibility index (Phi) is 4.36. The van der Waals surface area contributed by atoms with Crippen molar-refractivity contribution in [1.29, 1.82) is 0 Å². The van der Waals surface area contributed by atoms with Crippen LogP contribution in [0.25, 0.3) is 0 Å². The number of fused-ring (bicyclic) bond motifs is 2. The second-order valence-electron chi connectivity index (χ2n) is 7.15. The van der Waals surface area contributed by atoms with Gasteiger partial charge in [0.1, 0.15) is 5.82 Å². The van der Waals surface area contributed by atoms with Gasteiger partial charge in [0.2, 0.25) is 0 Å². The van der Waals surface area contributed by atoms with Crippen LogP contribution in [-0.4, -0.2) is 62.4 Å². The third-order valence-electron chi connectivity index (χ3n) is 5.52.